The van der Waals surface area contributed by atoms with Gasteiger partial charge in [-0.1, -0.05) is 30.3 Å². The van der Waals surface area contributed by atoms with Crippen LogP contribution in [0.1, 0.15) is 21.5 Å². The minimum Gasteiger partial charge on any atom is -0.333 e. The van der Waals surface area contributed by atoms with Crippen molar-refractivity contribution in [2.24, 2.45) is 0 Å². The molecular weight excluding hydrogens is 347 g/mol. The van der Waals surface area contributed by atoms with E-state index in [1.165, 1.54) is 4.90 Å². The Morgan fingerprint density at radius 3 is 2.35 bits per heavy atom. The molecule has 0 fully saturated rings. The highest BCUT2D eigenvalue weighted by Crippen LogP contribution is 2.28. The molecule has 1 aromatic heterocycles. The third kappa shape index (κ3) is 5.19. The van der Waals surface area contributed by atoms with Gasteiger partial charge in [-0.3, -0.25) is 9.59 Å². The number of nitrogens with one attached hydrogen (secondary N) is 1. The molecule has 1 aromatic carbocycles. The Hall–Kier alpha value is -2.61. The molecule has 2 aromatic rings. The van der Waals surface area contributed by atoms with E-state index in [1.54, 1.807) is 12.1 Å². The molecule has 1 heterocycles. The topological polar surface area (TPSA) is 56.4 Å². The maximum atomic E-state index is 12.9. The summed E-state index contributed by atoms with van der Waals surface area (Å²) in [5, 5.41) is 0. The average Bonchev–Trinajstić information content (AvgIpc) is 2.58. The van der Waals surface area contributed by atoms with Crippen molar-refractivity contribution in [1.82, 2.24) is 14.8 Å². The second-order valence-electron chi connectivity index (χ2n) is 6.14. The predicted octanol–water partition coefficient (Wildman–Crippen LogP) is 2.60. The van der Waals surface area contributed by atoms with Crippen molar-refractivity contribution in [1.29, 1.82) is 0 Å². The van der Waals surface area contributed by atoms with Crippen molar-refractivity contribution in [3.8, 4) is 0 Å². The highest BCUT2D eigenvalue weighted by molar-refractivity contribution is 5.94. The Bertz CT molecular complexity index is 801. The summed E-state index contributed by atoms with van der Waals surface area (Å²) in [6.45, 7) is 0.981. The standard InChI is InChI=1S/C18H20F3N3O2/c1-23(2)8-9-24(12-13-6-4-3-5-7-13)17(26)15-10-14(18(19,20)21)11-22-16(15)25/h3-7,10-11H,8-9,12H2,1-2H3,(H,22,25). The summed E-state index contributed by atoms with van der Waals surface area (Å²) in [5.41, 5.74) is -1.60. The van der Waals surface area contributed by atoms with E-state index in [2.05, 4.69) is 0 Å². The van der Waals surface area contributed by atoms with Gasteiger partial charge < -0.3 is 14.8 Å². The van der Waals surface area contributed by atoms with Crippen LogP contribution < -0.4 is 5.56 Å². The van der Waals surface area contributed by atoms with Gasteiger partial charge in [0.25, 0.3) is 11.5 Å². The van der Waals surface area contributed by atoms with Gasteiger partial charge in [0.15, 0.2) is 0 Å². The van der Waals surface area contributed by atoms with E-state index in [4.69, 9.17) is 0 Å². The molecular formula is C18H20F3N3O2. The van der Waals surface area contributed by atoms with Crippen LogP contribution in [-0.4, -0.2) is 47.9 Å². The lowest BCUT2D eigenvalue weighted by atomic mass is 10.1. The maximum absolute atomic E-state index is 12.9. The van der Waals surface area contributed by atoms with Crippen LogP contribution in [0.25, 0.3) is 0 Å². The molecule has 26 heavy (non-hydrogen) atoms. The number of likely N-dealkylation sites (N-methyl/N-ethyl adjacent to an activating group) is 1. The van der Waals surface area contributed by atoms with Crippen LogP contribution in [0, 0.1) is 0 Å². The number of alkyl halides is 3. The molecule has 0 bridgehead atoms. The van der Waals surface area contributed by atoms with Crippen LogP contribution >= 0.6 is 0 Å². The third-order valence-corrected chi connectivity index (χ3v) is 3.78. The first-order valence-electron chi connectivity index (χ1n) is 7.96. The number of rotatable bonds is 6. The summed E-state index contributed by atoms with van der Waals surface area (Å²) in [5.74, 6) is -0.733. The van der Waals surface area contributed by atoms with E-state index in [0.717, 1.165) is 5.56 Å². The monoisotopic (exact) mass is 367 g/mol. The quantitative estimate of drug-likeness (QED) is 0.854. The van der Waals surface area contributed by atoms with Crippen LogP contribution in [0.4, 0.5) is 13.2 Å². The smallest absolute Gasteiger partial charge is 0.333 e. The van der Waals surface area contributed by atoms with Gasteiger partial charge >= 0.3 is 6.18 Å². The molecule has 0 spiro atoms. The van der Waals surface area contributed by atoms with E-state index in [9.17, 15) is 22.8 Å². The van der Waals surface area contributed by atoms with Crippen molar-refractivity contribution >= 4 is 5.91 Å². The minimum absolute atomic E-state index is 0.198. The van der Waals surface area contributed by atoms with Crippen molar-refractivity contribution < 1.29 is 18.0 Å². The van der Waals surface area contributed by atoms with Crippen molar-refractivity contribution in [2.45, 2.75) is 12.7 Å². The lowest BCUT2D eigenvalue weighted by Crippen LogP contribution is -2.38. The number of hydrogen-bond donors (Lipinski definition) is 1. The first kappa shape index (κ1) is 19.7. The largest absolute Gasteiger partial charge is 0.417 e. The van der Waals surface area contributed by atoms with Crippen LogP contribution in [0.15, 0.2) is 47.4 Å². The number of carbonyl (C=O) groups is 1. The van der Waals surface area contributed by atoms with Gasteiger partial charge in [-0.2, -0.15) is 13.2 Å². The Balaban J connectivity index is 2.34. The summed E-state index contributed by atoms with van der Waals surface area (Å²) in [6, 6.07) is 9.67. The first-order valence-corrected chi connectivity index (χ1v) is 7.96. The molecule has 0 aliphatic carbocycles. The highest BCUT2D eigenvalue weighted by atomic mass is 19.4. The fraction of sp³-hybridized carbons (Fsp3) is 0.333. The van der Waals surface area contributed by atoms with E-state index >= 15 is 0 Å². The number of hydrogen-bond acceptors (Lipinski definition) is 3. The second-order valence-corrected chi connectivity index (χ2v) is 6.14. The van der Waals surface area contributed by atoms with Gasteiger partial charge in [-0.05, 0) is 25.7 Å². The van der Waals surface area contributed by atoms with Gasteiger partial charge in [0.2, 0.25) is 0 Å². The molecule has 1 N–H and O–H groups in total. The predicted molar refractivity (Wildman–Crippen MR) is 91.8 cm³/mol. The zero-order valence-corrected chi connectivity index (χ0v) is 14.5. The summed E-state index contributed by atoms with van der Waals surface area (Å²) >= 11 is 0. The van der Waals surface area contributed by atoms with E-state index in [-0.39, 0.29) is 13.1 Å². The Morgan fingerprint density at radius 2 is 1.77 bits per heavy atom. The number of halogens is 3. The van der Waals surface area contributed by atoms with Crippen molar-refractivity contribution in [2.75, 3.05) is 27.2 Å². The molecule has 0 saturated carbocycles. The number of amides is 1. The number of nitrogens with zero attached hydrogens (tertiary/aromatic N) is 2. The molecule has 8 heteroatoms. The number of carbonyl (C=O) groups excluding carboxylic acids is 1. The van der Waals surface area contributed by atoms with Gasteiger partial charge in [0, 0.05) is 25.8 Å². The second kappa shape index (κ2) is 8.18. The molecule has 0 aliphatic heterocycles. The zero-order chi connectivity index (χ0) is 19.3. The van der Waals surface area contributed by atoms with E-state index in [0.29, 0.717) is 18.8 Å². The first-order chi connectivity index (χ1) is 12.2. The fourth-order valence-corrected chi connectivity index (χ4v) is 2.35. The van der Waals surface area contributed by atoms with Crippen LogP contribution in [-0.2, 0) is 12.7 Å². The highest BCUT2D eigenvalue weighted by Gasteiger charge is 2.32. The minimum atomic E-state index is -4.65. The molecule has 0 radical (unpaired) electrons. The molecule has 1 amide bonds. The number of pyridine rings is 1. The fourth-order valence-electron chi connectivity index (χ4n) is 2.35. The molecule has 0 unspecified atom stereocenters. The lowest BCUT2D eigenvalue weighted by molar-refractivity contribution is -0.137. The number of H-pyrrole nitrogens is 1. The third-order valence-electron chi connectivity index (χ3n) is 3.78. The Kier molecular flexibility index (Phi) is 6.20. The molecule has 2 rings (SSSR count). The SMILES string of the molecule is CN(C)CCN(Cc1ccccc1)C(=O)c1cc(C(F)(F)F)c[nH]c1=O. The maximum Gasteiger partial charge on any atom is 0.417 e. The molecule has 0 saturated heterocycles. The van der Waals surface area contributed by atoms with Crippen molar-refractivity contribution in [3.05, 3.63) is 69.6 Å². The number of aromatic amines is 1. The summed E-state index contributed by atoms with van der Waals surface area (Å²) < 4.78 is 38.7. The summed E-state index contributed by atoms with van der Waals surface area (Å²) in [4.78, 5) is 30.0. The normalized spacial score (nSPS) is 11.6. The van der Waals surface area contributed by atoms with Crippen LogP contribution in [0.2, 0.25) is 0 Å². The lowest BCUT2D eigenvalue weighted by Gasteiger charge is -2.24. The number of benzene rings is 1. The van der Waals surface area contributed by atoms with Crippen LogP contribution in [0.5, 0.6) is 0 Å². The summed E-state index contributed by atoms with van der Waals surface area (Å²) in [7, 11) is 3.64. The van der Waals surface area contributed by atoms with Gasteiger partial charge in [-0.25, -0.2) is 0 Å². The van der Waals surface area contributed by atoms with E-state index < -0.39 is 28.8 Å². The molecule has 140 valence electrons. The van der Waals surface area contributed by atoms with Crippen molar-refractivity contribution in [3.63, 3.8) is 0 Å². The van der Waals surface area contributed by atoms with Gasteiger partial charge in [0.1, 0.15) is 5.56 Å². The average molecular weight is 367 g/mol. The van der Waals surface area contributed by atoms with Gasteiger partial charge in [0.05, 0.1) is 5.56 Å². The Labute approximate surface area is 149 Å². The van der Waals surface area contributed by atoms with E-state index in [1.807, 2.05) is 42.2 Å². The molecule has 0 atom stereocenters. The zero-order valence-electron chi connectivity index (χ0n) is 14.5. The molecule has 5 nitrogen and oxygen atoms in total. The summed E-state index contributed by atoms with van der Waals surface area (Å²) in [6.07, 6.45) is -4.08. The van der Waals surface area contributed by atoms with Crippen LogP contribution in [0.3, 0.4) is 0 Å². The molecule has 0 aliphatic rings. The Morgan fingerprint density at radius 1 is 1.12 bits per heavy atom. The van der Waals surface area contributed by atoms with Gasteiger partial charge in [-0.15, -0.1) is 0 Å². The number of aromatic nitrogens is 1.